The van der Waals surface area contributed by atoms with Gasteiger partial charge in [-0.2, -0.15) is 5.10 Å². The van der Waals surface area contributed by atoms with Crippen molar-refractivity contribution in [3.05, 3.63) is 60.0 Å². The SMILES string of the molecule is CC(c1ccc(-n2cncn2)cc1)N(C)C(=O)CSc1cccs1. The van der Waals surface area contributed by atoms with Crippen LogP contribution in [0.2, 0.25) is 0 Å². The molecule has 0 radical (unpaired) electrons. The lowest BCUT2D eigenvalue weighted by molar-refractivity contribution is -0.128. The van der Waals surface area contributed by atoms with Gasteiger partial charge in [0.2, 0.25) is 5.91 Å². The van der Waals surface area contributed by atoms with Crippen molar-refractivity contribution in [2.75, 3.05) is 12.8 Å². The molecule has 0 aliphatic carbocycles. The van der Waals surface area contributed by atoms with E-state index in [-0.39, 0.29) is 11.9 Å². The molecular weight excluding hydrogens is 340 g/mol. The van der Waals surface area contributed by atoms with E-state index >= 15 is 0 Å². The van der Waals surface area contributed by atoms with E-state index in [9.17, 15) is 4.79 Å². The smallest absolute Gasteiger partial charge is 0.233 e. The first kappa shape index (κ1) is 16.7. The second-order valence-corrected chi connectivity index (χ2v) is 7.56. The van der Waals surface area contributed by atoms with Crippen LogP contribution >= 0.6 is 23.1 Å². The molecule has 1 aromatic carbocycles. The zero-order valence-electron chi connectivity index (χ0n) is 13.5. The quantitative estimate of drug-likeness (QED) is 0.631. The van der Waals surface area contributed by atoms with Crippen molar-refractivity contribution in [1.82, 2.24) is 19.7 Å². The Kier molecular flexibility index (Phi) is 5.32. The summed E-state index contributed by atoms with van der Waals surface area (Å²) in [6.07, 6.45) is 3.17. The van der Waals surface area contributed by atoms with Crippen LogP contribution in [0.4, 0.5) is 0 Å². The van der Waals surface area contributed by atoms with Crippen LogP contribution in [-0.4, -0.2) is 38.4 Å². The summed E-state index contributed by atoms with van der Waals surface area (Å²) in [4.78, 5) is 18.1. The van der Waals surface area contributed by atoms with Crippen LogP contribution in [-0.2, 0) is 4.79 Å². The maximum absolute atomic E-state index is 12.4. The Morgan fingerprint density at radius 3 is 2.75 bits per heavy atom. The van der Waals surface area contributed by atoms with Gasteiger partial charge in [-0.05, 0) is 36.1 Å². The molecule has 0 saturated carbocycles. The van der Waals surface area contributed by atoms with Crippen LogP contribution in [0, 0.1) is 0 Å². The molecule has 1 atom stereocenters. The number of thiophene rings is 1. The average Bonchev–Trinajstić information content (AvgIpc) is 3.32. The van der Waals surface area contributed by atoms with Gasteiger partial charge in [-0.25, -0.2) is 9.67 Å². The highest BCUT2D eigenvalue weighted by atomic mass is 32.2. The Labute approximate surface area is 149 Å². The number of hydrogen-bond donors (Lipinski definition) is 0. The van der Waals surface area contributed by atoms with Crippen LogP contribution in [0.25, 0.3) is 5.69 Å². The molecule has 0 aliphatic rings. The minimum Gasteiger partial charge on any atom is -0.338 e. The predicted molar refractivity (Wildman–Crippen MR) is 97.6 cm³/mol. The van der Waals surface area contributed by atoms with Gasteiger partial charge in [0.05, 0.1) is 21.7 Å². The summed E-state index contributed by atoms with van der Waals surface area (Å²) in [6, 6.07) is 12.1. The summed E-state index contributed by atoms with van der Waals surface area (Å²) in [5, 5.41) is 6.14. The molecule has 5 nitrogen and oxygen atoms in total. The van der Waals surface area contributed by atoms with E-state index in [1.165, 1.54) is 10.5 Å². The molecule has 124 valence electrons. The Balaban J connectivity index is 1.62. The number of thioether (sulfide) groups is 1. The van der Waals surface area contributed by atoms with Crippen molar-refractivity contribution in [1.29, 1.82) is 0 Å². The van der Waals surface area contributed by atoms with E-state index in [1.807, 2.05) is 55.7 Å². The maximum atomic E-state index is 12.4. The Morgan fingerprint density at radius 1 is 1.33 bits per heavy atom. The number of nitrogens with zero attached hydrogens (tertiary/aromatic N) is 4. The van der Waals surface area contributed by atoms with E-state index in [0.717, 1.165) is 11.3 Å². The molecule has 0 spiro atoms. The first-order valence-corrected chi connectivity index (χ1v) is 9.38. The van der Waals surface area contributed by atoms with Crippen molar-refractivity contribution in [2.45, 2.75) is 17.2 Å². The van der Waals surface area contributed by atoms with E-state index in [4.69, 9.17) is 0 Å². The lowest BCUT2D eigenvalue weighted by atomic mass is 10.1. The van der Waals surface area contributed by atoms with E-state index in [1.54, 1.807) is 39.0 Å². The van der Waals surface area contributed by atoms with Gasteiger partial charge in [0.1, 0.15) is 12.7 Å². The summed E-state index contributed by atoms with van der Waals surface area (Å²) in [5.41, 5.74) is 2.04. The predicted octanol–water partition coefficient (Wildman–Crippen LogP) is 3.64. The van der Waals surface area contributed by atoms with Crippen LogP contribution in [0.15, 0.2) is 58.6 Å². The summed E-state index contributed by atoms with van der Waals surface area (Å²) >= 11 is 3.25. The normalized spacial score (nSPS) is 12.1. The minimum absolute atomic E-state index is 0.0197. The first-order chi connectivity index (χ1) is 11.6. The number of benzene rings is 1. The van der Waals surface area contributed by atoms with Gasteiger partial charge in [0, 0.05) is 7.05 Å². The zero-order valence-corrected chi connectivity index (χ0v) is 15.1. The van der Waals surface area contributed by atoms with Crippen molar-refractivity contribution in [3.63, 3.8) is 0 Å². The number of rotatable bonds is 6. The molecule has 0 fully saturated rings. The van der Waals surface area contributed by atoms with Crippen LogP contribution in [0.3, 0.4) is 0 Å². The molecule has 1 unspecified atom stereocenters. The molecular formula is C17H18N4OS2. The molecule has 3 rings (SSSR count). The largest absolute Gasteiger partial charge is 0.338 e. The fourth-order valence-corrected chi connectivity index (χ4v) is 3.98. The van der Waals surface area contributed by atoms with E-state index in [2.05, 4.69) is 10.1 Å². The molecule has 0 bridgehead atoms. The number of carbonyl (C=O) groups excluding carboxylic acids is 1. The zero-order chi connectivity index (χ0) is 16.9. The Morgan fingerprint density at radius 2 is 2.12 bits per heavy atom. The first-order valence-electron chi connectivity index (χ1n) is 7.52. The number of carbonyl (C=O) groups is 1. The molecule has 1 amide bonds. The van der Waals surface area contributed by atoms with Crippen molar-refractivity contribution >= 4 is 29.0 Å². The number of amides is 1. The molecule has 24 heavy (non-hydrogen) atoms. The molecule has 0 aliphatic heterocycles. The lowest BCUT2D eigenvalue weighted by Crippen LogP contribution is -2.31. The standard InChI is InChI=1S/C17H18N4OS2/c1-13(20(2)16(22)10-24-17-4-3-9-23-17)14-5-7-15(8-6-14)21-12-18-11-19-21/h3-9,11-13H,10H2,1-2H3. The highest BCUT2D eigenvalue weighted by Gasteiger charge is 2.17. The number of aromatic nitrogens is 3. The molecule has 0 saturated heterocycles. The van der Waals surface area contributed by atoms with Crippen molar-refractivity contribution in [3.8, 4) is 5.69 Å². The van der Waals surface area contributed by atoms with Gasteiger partial charge in [0.15, 0.2) is 0 Å². The Hall–Kier alpha value is -2.12. The van der Waals surface area contributed by atoms with Gasteiger partial charge in [-0.15, -0.1) is 23.1 Å². The van der Waals surface area contributed by atoms with Crippen molar-refractivity contribution < 1.29 is 4.79 Å². The molecule has 2 aromatic heterocycles. The Bertz CT molecular complexity index is 770. The molecule has 2 heterocycles. The van der Waals surface area contributed by atoms with Gasteiger partial charge < -0.3 is 4.90 Å². The third kappa shape index (κ3) is 3.85. The number of hydrogen-bond acceptors (Lipinski definition) is 5. The second kappa shape index (κ2) is 7.63. The monoisotopic (exact) mass is 358 g/mol. The van der Waals surface area contributed by atoms with Gasteiger partial charge in [-0.3, -0.25) is 4.79 Å². The summed E-state index contributed by atoms with van der Waals surface area (Å²) in [5.74, 6) is 0.583. The fourth-order valence-electron chi connectivity index (χ4n) is 2.27. The van der Waals surface area contributed by atoms with E-state index in [0.29, 0.717) is 5.75 Å². The molecule has 7 heteroatoms. The summed E-state index contributed by atoms with van der Waals surface area (Å²) in [6.45, 7) is 2.04. The van der Waals surface area contributed by atoms with Gasteiger partial charge in [-0.1, -0.05) is 18.2 Å². The summed E-state index contributed by atoms with van der Waals surface area (Å²) in [7, 11) is 1.85. The highest BCUT2D eigenvalue weighted by Crippen LogP contribution is 2.25. The van der Waals surface area contributed by atoms with Crippen LogP contribution in [0.5, 0.6) is 0 Å². The lowest BCUT2D eigenvalue weighted by Gasteiger charge is -2.25. The van der Waals surface area contributed by atoms with Crippen LogP contribution in [0.1, 0.15) is 18.5 Å². The van der Waals surface area contributed by atoms with Gasteiger partial charge in [0.25, 0.3) is 0 Å². The maximum Gasteiger partial charge on any atom is 0.233 e. The van der Waals surface area contributed by atoms with Crippen molar-refractivity contribution in [2.24, 2.45) is 0 Å². The average molecular weight is 358 g/mol. The highest BCUT2D eigenvalue weighted by molar-refractivity contribution is 8.01. The third-order valence-corrected chi connectivity index (χ3v) is 5.98. The minimum atomic E-state index is 0.0197. The molecule has 3 aromatic rings. The van der Waals surface area contributed by atoms with Gasteiger partial charge >= 0.3 is 0 Å². The fraction of sp³-hybridized carbons (Fsp3) is 0.235. The third-order valence-electron chi connectivity index (χ3n) is 3.87. The van der Waals surface area contributed by atoms with E-state index < -0.39 is 0 Å². The summed E-state index contributed by atoms with van der Waals surface area (Å²) < 4.78 is 2.88. The second-order valence-electron chi connectivity index (χ2n) is 5.33. The topological polar surface area (TPSA) is 51.0 Å². The van der Waals surface area contributed by atoms with Crippen LogP contribution < -0.4 is 0 Å². The molecule has 0 N–H and O–H groups in total.